The quantitative estimate of drug-likeness (QED) is 0.371. The molecule has 1 amide bonds. The molecule has 2 aromatic carbocycles. The van der Waals surface area contributed by atoms with Crippen LogP contribution in [-0.4, -0.2) is 30.6 Å². The van der Waals surface area contributed by atoms with Crippen LogP contribution in [0.2, 0.25) is 0 Å². The Morgan fingerprint density at radius 1 is 1.11 bits per heavy atom. The molecule has 1 heterocycles. The number of benzene rings is 2. The minimum absolute atomic E-state index is 0.196. The van der Waals surface area contributed by atoms with Gasteiger partial charge in [0.15, 0.2) is 0 Å². The summed E-state index contributed by atoms with van der Waals surface area (Å²) < 4.78 is 18.0. The van der Waals surface area contributed by atoms with Crippen molar-refractivity contribution in [2.24, 2.45) is 0 Å². The molecule has 0 atom stereocenters. The molecule has 0 saturated carbocycles. The van der Waals surface area contributed by atoms with Crippen LogP contribution in [-0.2, 0) is 4.79 Å². The third-order valence-electron chi connectivity index (χ3n) is 3.57. The first kappa shape index (κ1) is 19.7. The van der Waals surface area contributed by atoms with E-state index < -0.39 is 0 Å². The summed E-state index contributed by atoms with van der Waals surface area (Å²) in [6.45, 7) is 0.749. The van der Waals surface area contributed by atoms with Crippen molar-refractivity contribution >= 4 is 56.2 Å². The van der Waals surface area contributed by atoms with Crippen LogP contribution in [0.3, 0.4) is 0 Å². The van der Waals surface area contributed by atoms with Crippen molar-refractivity contribution in [1.82, 2.24) is 5.32 Å². The molecule has 8 heteroatoms. The van der Waals surface area contributed by atoms with Crippen molar-refractivity contribution in [3.63, 3.8) is 0 Å². The Labute approximate surface area is 175 Å². The summed E-state index contributed by atoms with van der Waals surface area (Å²) in [7, 11) is 1.62. The van der Waals surface area contributed by atoms with E-state index >= 15 is 0 Å². The van der Waals surface area contributed by atoms with Gasteiger partial charge in [-0.15, -0.1) is 0 Å². The van der Waals surface area contributed by atoms with Crippen molar-refractivity contribution in [3.8, 4) is 17.2 Å². The number of rotatable bonds is 7. The van der Waals surface area contributed by atoms with Crippen molar-refractivity contribution < 1.29 is 19.0 Å². The number of nitrogens with one attached hydrogen (secondary N) is 1. The highest BCUT2D eigenvalue weighted by molar-refractivity contribution is 9.10. The highest BCUT2D eigenvalue weighted by Gasteiger charge is 2.22. The van der Waals surface area contributed by atoms with E-state index in [4.69, 9.17) is 26.4 Å². The van der Waals surface area contributed by atoms with Crippen molar-refractivity contribution in [2.45, 2.75) is 0 Å². The summed E-state index contributed by atoms with van der Waals surface area (Å²) >= 11 is 9.70. The molecule has 5 nitrogen and oxygen atoms in total. The molecule has 0 unspecified atom stereocenters. The first-order chi connectivity index (χ1) is 13.0. The Morgan fingerprint density at radius 3 is 2.48 bits per heavy atom. The molecule has 1 aliphatic rings. The lowest BCUT2D eigenvalue weighted by Crippen LogP contribution is -2.17. The fraction of sp³-hybridized carbons (Fsp3) is 0.158. The summed E-state index contributed by atoms with van der Waals surface area (Å²) in [5.41, 5.74) is 0.788. The van der Waals surface area contributed by atoms with E-state index in [0.717, 1.165) is 21.5 Å². The van der Waals surface area contributed by atoms with E-state index in [-0.39, 0.29) is 5.91 Å². The summed E-state index contributed by atoms with van der Waals surface area (Å²) in [6.07, 6.45) is 1.77. The zero-order chi connectivity index (χ0) is 19.2. The van der Waals surface area contributed by atoms with Gasteiger partial charge in [0.1, 0.15) is 34.8 Å². The van der Waals surface area contributed by atoms with Crippen LogP contribution in [0.1, 0.15) is 5.56 Å². The number of ether oxygens (including phenoxy) is 3. The van der Waals surface area contributed by atoms with Crippen LogP contribution in [0.5, 0.6) is 17.2 Å². The molecule has 1 aliphatic heterocycles. The molecule has 1 saturated heterocycles. The van der Waals surface area contributed by atoms with E-state index in [1.807, 2.05) is 42.5 Å². The second-order valence-corrected chi connectivity index (χ2v) is 8.04. The predicted octanol–water partition coefficient (Wildman–Crippen LogP) is 4.40. The van der Waals surface area contributed by atoms with Gasteiger partial charge in [-0.2, -0.15) is 0 Å². The van der Waals surface area contributed by atoms with E-state index in [1.54, 1.807) is 13.2 Å². The van der Waals surface area contributed by atoms with E-state index in [2.05, 4.69) is 21.2 Å². The van der Waals surface area contributed by atoms with Crippen LogP contribution in [0, 0.1) is 0 Å². The number of thiocarbonyl (C=S) groups is 1. The summed E-state index contributed by atoms with van der Waals surface area (Å²) in [5.74, 6) is 1.98. The van der Waals surface area contributed by atoms with Gasteiger partial charge >= 0.3 is 0 Å². The van der Waals surface area contributed by atoms with Crippen LogP contribution in [0.4, 0.5) is 0 Å². The van der Waals surface area contributed by atoms with Crippen molar-refractivity contribution in [2.75, 3.05) is 20.3 Å². The molecule has 0 spiro atoms. The largest absolute Gasteiger partial charge is 0.497 e. The molecule has 0 aliphatic carbocycles. The Kier molecular flexibility index (Phi) is 6.76. The molecule has 0 bridgehead atoms. The van der Waals surface area contributed by atoms with Gasteiger partial charge < -0.3 is 19.5 Å². The SMILES string of the molecule is COc1ccc(OCCOc2ccc(Br)cc2/C=C2/SC(=S)NC2=O)cc1. The molecule has 0 aromatic heterocycles. The van der Waals surface area contributed by atoms with E-state index in [9.17, 15) is 4.79 Å². The third-order valence-corrected chi connectivity index (χ3v) is 5.23. The van der Waals surface area contributed by atoms with Gasteiger partial charge in [0.05, 0.1) is 12.0 Å². The molecular weight excluding hydrogens is 450 g/mol. The minimum Gasteiger partial charge on any atom is -0.497 e. The van der Waals surface area contributed by atoms with Crippen LogP contribution < -0.4 is 19.5 Å². The molecule has 1 N–H and O–H groups in total. The topological polar surface area (TPSA) is 56.8 Å². The zero-order valence-corrected chi connectivity index (χ0v) is 17.6. The van der Waals surface area contributed by atoms with Gasteiger partial charge in [-0.25, -0.2) is 0 Å². The standard InChI is InChI=1S/C19H16BrNO4S2/c1-23-14-3-5-15(6-4-14)24-8-9-25-16-7-2-13(20)10-12(16)11-17-18(22)21-19(26)27-17/h2-7,10-11H,8-9H2,1H3,(H,21,22,26)/b17-11+. The van der Waals surface area contributed by atoms with Gasteiger partial charge in [-0.05, 0) is 48.5 Å². The second kappa shape index (κ2) is 9.25. The highest BCUT2D eigenvalue weighted by atomic mass is 79.9. The number of halogens is 1. The molecule has 3 rings (SSSR count). The fourth-order valence-corrected chi connectivity index (χ4v) is 3.72. The smallest absolute Gasteiger partial charge is 0.263 e. The first-order valence-corrected chi connectivity index (χ1v) is 10.0. The molecule has 140 valence electrons. The van der Waals surface area contributed by atoms with Crippen LogP contribution in [0.15, 0.2) is 51.8 Å². The van der Waals surface area contributed by atoms with Gasteiger partial charge in [-0.3, -0.25) is 4.79 Å². The monoisotopic (exact) mass is 465 g/mol. The number of amides is 1. The fourth-order valence-electron chi connectivity index (χ4n) is 2.31. The minimum atomic E-state index is -0.196. The average molecular weight is 466 g/mol. The number of methoxy groups -OCH3 is 1. The highest BCUT2D eigenvalue weighted by Crippen LogP contribution is 2.31. The summed E-state index contributed by atoms with van der Waals surface area (Å²) in [4.78, 5) is 12.4. The normalized spacial score (nSPS) is 15.0. The lowest BCUT2D eigenvalue weighted by molar-refractivity contribution is -0.115. The Balaban J connectivity index is 1.62. The summed E-state index contributed by atoms with van der Waals surface area (Å²) in [6, 6.07) is 13.0. The van der Waals surface area contributed by atoms with Gasteiger partial charge in [0, 0.05) is 10.0 Å². The summed E-state index contributed by atoms with van der Waals surface area (Å²) in [5, 5.41) is 2.61. The lowest BCUT2D eigenvalue weighted by Gasteiger charge is -2.11. The number of hydrogen-bond donors (Lipinski definition) is 1. The number of carbonyl (C=O) groups is 1. The van der Waals surface area contributed by atoms with E-state index in [0.29, 0.717) is 28.2 Å². The van der Waals surface area contributed by atoms with Crippen LogP contribution >= 0.6 is 39.9 Å². The predicted molar refractivity (Wildman–Crippen MR) is 114 cm³/mol. The average Bonchev–Trinajstić information content (AvgIpc) is 2.97. The maximum absolute atomic E-state index is 11.9. The number of carbonyl (C=O) groups excluding carboxylic acids is 1. The Morgan fingerprint density at radius 2 is 1.81 bits per heavy atom. The molecule has 27 heavy (non-hydrogen) atoms. The zero-order valence-electron chi connectivity index (χ0n) is 14.4. The maximum Gasteiger partial charge on any atom is 0.263 e. The van der Waals surface area contributed by atoms with Gasteiger partial charge in [-0.1, -0.05) is 39.9 Å². The Bertz CT molecular complexity index is 884. The lowest BCUT2D eigenvalue weighted by atomic mass is 10.2. The van der Waals surface area contributed by atoms with Gasteiger partial charge in [0.25, 0.3) is 5.91 Å². The molecular formula is C19H16BrNO4S2. The van der Waals surface area contributed by atoms with Crippen molar-refractivity contribution in [1.29, 1.82) is 0 Å². The number of hydrogen-bond acceptors (Lipinski definition) is 6. The van der Waals surface area contributed by atoms with Gasteiger partial charge in [0.2, 0.25) is 0 Å². The first-order valence-electron chi connectivity index (χ1n) is 7.99. The number of thioether (sulfide) groups is 1. The molecule has 1 fully saturated rings. The molecule has 2 aromatic rings. The maximum atomic E-state index is 11.9. The molecule has 0 radical (unpaired) electrons. The Hall–Kier alpha value is -2.03. The van der Waals surface area contributed by atoms with E-state index in [1.165, 1.54) is 11.8 Å². The van der Waals surface area contributed by atoms with Crippen LogP contribution in [0.25, 0.3) is 6.08 Å². The second-order valence-electron chi connectivity index (χ2n) is 5.41. The van der Waals surface area contributed by atoms with Crippen molar-refractivity contribution in [3.05, 3.63) is 57.4 Å². The third kappa shape index (κ3) is 5.47.